The normalized spacial score (nSPS) is 10.9. The molecule has 0 radical (unpaired) electrons. The average molecular weight is 349 g/mol. The number of carbonyl (C=O) groups excluding carboxylic acids is 1. The summed E-state index contributed by atoms with van der Waals surface area (Å²) in [5.74, 6) is -1.23. The number of fused-ring (bicyclic) bond motifs is 1. The fourth-order valence-corrected chi connectivity index (χ4v) is 2.55. The predicted molar refractivity (Wildman–Crippen MR) is 88.6 cm³/mol. The minimum Gasteiger partial charge on any atom is -0.408 e. The Hall–Kier alpha value is -2.60. The van der Waals surface area contributed by atoms with Gasteiger partial charge in [0.2, 0.25) is 5.91 Å². The molecule has 0 fully saturated rings. The third-order valence-electron chi connectivity index (χ3n) is 3.58. The van der Waals surface area contributed by atoms with Gasteiger partial charge in [0.25, 0.3) is 0 Å². The molecule has 0 aliphatic rings. The molecule has 0 atom stereocenters. The van der Waals surface area contributed by atoms with E-state index in [-0.39, 0.29) is 18.3 Å². The van der Waals surface area contributed by atoms with Gasteiger partial charge in [0, 0.05) is 11.6 Å². The van der Waals surface area contributed by atoms with Crippen LogP contribution in [0.25, 0.3) is 11.1 Å². The van der Waals surface area contributed by atoms with E-state index in [1.807, 2.05) is 0 Å². The van der Waals surface area contributed by atoms with Gasteiger partial charge in [-0.3, -0.25) is 9.36 Å². The van der Waals surface area contributed by atoms with Gasteiger partial charge in [0.05, 0.1) is 5.52 Å². The molecule has 0 aliphatic carbocycles. The Morgan fingerprint density at radius 2 is 1.96 bits per heavy atom. The van der Waals surface area contributed by atoms with Crippen LogP contribution in [0.3, 0.4) is 0 Å². The first-order valence-electron chi connectivity index (χ1n) is 7.33. The van der Waals surface area contributed by atoms with E-state index in [2.05, 4.69) is 5.32 Å². The van der Waals surface area contributed by atoms with Crippen LogP contribution >= 0.6 is 11.6 Å². The van der Waals surface area contributed by atoms with E-state index in [1.165, 1.54) is 16.7 Å². The number of benzene rings is 2. The molecule has 7 heteroatoms. The van der Waals surface area contributed by atoms with E-state index in [1.54, 1.807) is 30.3 Å². The van der Waals surface area contributed by atoms with Gasteiger partial charge in [-0.1, -0.05) is 23.7 Å². The molecule has 1 heterocycles. The monoisotopic (exact) mass is 348 g/mol. The minimum atomic E-state index is -0.610. The smallest absolute Gasteiger partial charge is 0.408 e. The van der Waals surface area contributed by atoms with Crippen molar-refractivity contribution < 1.29 is 13.6 Å². The van der Waals surface area contributed by atoms with Crippen LogP contribution in [0, 0.1) is 5.82 Å². The molecule has 3 rings (SSSR count). The van der Waals surface area contributed by atoms with Crippen LogP contribution in [0.4, 0.5) is 4.39 Å². The average Bonchev–Trinajstić information content (AvgIpc) is 2.85. The standard InChI is InChI=1S/C17H14ClFN2O3/c18-12-3-6-15-14(9-12)21(17(23)24-15)10-16(22)20-8-7-11-1-4-13(19)5-2-11/h1-6,9H,7-8,10H2,(H,20,22). The van der Waals surface area contributed by atoms with Gasteiger partial charge in [0.15, 0.2) is 5.58 Å². The lowest BCUT2D eigenvalue weighted by Crippen LogP contribution is -2.32. The second-order valence-electron chi connectivity index (χ2n) is 5.29. The lowest BCUT2D eigenvalue weighted by Gasteiger charge is -2.06. The van der Waals surface area contributed by atoms with E-state index in [9.17, 15) is 14.0 Å². The summed E-state index contributed by atoms with van der Waals surface area (Å²) in [5, 5.41) is 3.18. The van der Waals surface area contributed by atoms with E-state index in [4.69, 9.17) is 16.0 Å². The van der Waals surface area contributed by atoms with E-state index in [0.717, 1.165) is 5.56 Å². The van der Waals surface area contributed by atoms with Crippen molar-refractivity contribution in [3.63, 3.8) is 0 Å². The lowest BCUT2D eigenvalue weighted by atomic mass is 10.1. The highest BCUT2D eigenvalue weighted by atomic mass is 35.5. The van der Waals surface area contributed by atoms with Crippen LogP contribution in [0.5, 0.6) is 0 Å². The number of hydrogen-bond donors (Lipinski definition) is 1. The maximum Gasteiger partial charge on any atom is 0.420 e. The molecule has 3 aromatic rings. The summed E-state index contributed by atoms with van der Waals surface area (Å²) in [6.45, 7) is 0.228. The number of rotatable bonds is 5. The summed E-state index contributed by atoms with van der Waals surface area (Å²) in [5.41, 5.74) is 1.76. The maximum atomic E-state index is 12.8. The van der Waals surface area contributed by atoms with Crippen molar-refractivity contribution in [1.29, 1.82) is 0 Å². The largest absolute Gasteiger partial charge is 0.420 e. The summed E-state index contributed by atoms with van der Waals surface area (Å²) >= 11 is 5.91. The van der Waals surface area contributed by atoms with Crippen molar-refractivity contribution in [2.45, 2.75) is 13.0 Å². The molecule has 0 bridgehead atoms. The Morgan fingerprint density at radius 1 is 1.21 bits per heavy atom. The fraction of sp³-hybridized carbons (Fsp3) is 0.176. The number of nitrogens with one attached hydrogen (secondary N) is 1. The molecule has 0 saturated carbocycles. The highest BCUT2D eigenvalue weighted by Crippen LogP contribution is 2.18. The maximum absolute atomic E-state index is 12.8. The summed E-state index contributed by atoms with van der Waals surface area (Å²) in [7, 11) is 0. The van der Waals surface area contributed by atoms with Gasteiger partial charge in [-0.2, -0.15) is 0 Å². The van der Waals surface area contributed by atoms with Crippen LogP contribution < -0.4 is 11.1 Å². The second-order valence-corrected chi connectivity index (χ2v) is 5.73. The summed E-state index contributed by atoms with van der Waals surface area (Å²) in [4.78, 5) is 23.9. The zero-order chi connectivity index (χ0) is 17.1. The number of nitrogens with zero attached hydrogens (tertiary/aromatic N) is 1. The van der Waals surface area contributed by atoms with Gasteiger partial charge in [-0.05, 0) is 42.3 Å². The molecular formula is C17H14ClFN2O3. The summed E-state index contributed by atoms with van der Waals surface area (Å²) < 4.78 is 19.1. The number of hydrogen-bond acceptors (Lipinski definition) is 3. The second kappa shape index (κ2) is 6.88. The first-order chi connectivity index (χ1) is 11.5. The Morgan fingerprint density at radius 3 is 2.71 bits per heavy atom. The first-order valence-corrected chi connectivity index (χ1v) is 7.71. The Labute approximate surface area is 141 Å². The van der Waals surface area contributed by atoms with Gasteiger partial charge in [-0.25, -0.2) is 9.18 Å². The lowest BCUT2D eigenvalue weighted by molar-refractivity contribution is -0.121. The Balaban J connectivity index is 1.63. The van der Waals surface area contributed by atoms with Crippen LogP contribution in [0.15, 0.2) is 51.7 Å². The molecular weight excluding hydrogens is 335 g/mol. The van der Waals surface area contributed by atoms with Gasteiger partial charge in [-0.15, -0.1) is 0 Å². The third-order valence-corrected chi connectivity index (χ3v) is 3.82. The van der Waals surface area contributed by atoms with E-state index in [0.29, 0.717) is 29.1 Å². The summed E-state index contributed by atoms with van der Waals surface area (Å²) in [6, 6.07) is 10.8. The van der Waals surface area contributed by atoms with E-state index < -0.39 is 5.76 Å². The molecule has 0 aliphatic heterocycles. The molecule has 24 heavy (non-hydrogen) atoms. The van der Waals surface area contributed by atoms with Gasteiger partial charge < -0.3 is 9.73 Å². The van der Waals surface area contributed by atoms with E-state index >= 15 is 0 Å². The Kier molecular flexibility index (Phi) is 4.66. The molecule has 1 amide bonds. The molecule has 0 saturated heterocycles. The number of oxazole rings is 1. The van der Waals surface area contributed by atoms with Crippen molar-refractivity contribution in [3.05, 3.63) is 69.4 Å². The Bertz CT molecular complexity index is 931. The highest BCUT2D eigenvalue weighted by molar-refractivity contribution is 6.31. The fourth-order valence-electron chi connectivity index (χ4n) is 2.38. The summed E-state index contributed by atoms with van der Waals surface area (Å²) in [6.07, 6.45) is 0.568. The third kappa shape index (κ3) is 3.65. The molecule has 5 nitrogen and oxygen atoms in total. The topological polar surface area (TPSA) is 64.2 Å². The molecule has 1 aromatic heterocycles. The number of halogens is 2. The van der Waals surface area contributed by atoms with Crippen molar-refractivity contribution in [1.82, 2.24) is 9.88 Å². The minimum absolute atomic E-state index is 0.157. The van der Waals surface area contributed by atoms with Crippen molar-refractivity contribution >= 4 is 28.6 Å². The predicted octanol–water partition coefficient (Wildman–Crippen LogP) is 2.75. The molecule has 124 valence electrons. The quantitative estimate of drug-likeness (QED) is 0.771. The first kappa shape index (κ1) is 16.3. The van der Waals surface area contributed by atoms with Crippen LogP contribution in [0.1, 0.15) is 5.56 Å². The van der Waals surface area contributed by atoms with Crippen molar-refractivity contribution in [2.24, 2.45) is 0 Å². The van der Waals surface area contributed by atoms with Gasteiger partial charge in [0.1, 0.15) is 12.4 Å². The molecule has 1 N–H and O–H groups in total. The van der Waals surface area contributed by atoms with Crippen LogP contribution in [-0.4, -0.2) is 17.0 Å². The molecule has 0 spiro atoms. The molecule has 0 unspecified atom stereocenters. The van der Waals surface area contributed by atoms with Crippen molar-refractivity contribution in [3.8, 4) is 0 Å². The number of carbonyl (C=O) groups is 1. The van der Waals surface area contributed by atoms with Gasteiger partial charge >= 0.3 is 5.76 Å². The number of amides is 1. The SMILES string of the molecule is O=C(Cn1c(=O)oc2ccc(Cl)cc21)NCCc1ccc(F)cc1. The van der Waals surface area contributed by atoms with Crippen molar-refractivity contribution in [2.75, 3.05) is 6.54 Å². The van der Waals surface area contributed by atoms with Crippen LogP contribution in [0.2, 0.25) is 5.02 Å². The number of aromatic nitrogens is 1. The van der Waals surface area contributed by atoms with Crippen LogP contribution in [-0.2, 0) is 17.8 Å². The zero-order valence-corrected chi connectivity index (χ0v) is 13.3. The zero-order valence-electron chi connectivity index (χ0n) is 12.6. The molecule has 2 aromatic carbocycles. The highest BCUT2D eigenvalue weighted by Gasteiger charge is 2.12.